The van der Waals surface area contributed by atoms with Gasteiger partial charge in [-0.05, 0) is 30.7 Å². The lowest BCUT2D eigenvalue weighted by Gasteiger charge is -2.02. The zero-order valence-electron chi connectivity index (χ0n) is 12.9. The number of nitrogens with zero attached hydrogens (tertiary/aromatic N) is 2. The van der Waals surface area contributed by atoms with E-state index < -0.39 is 0 Å². The Morgan fingerprint density at radius 2 is 2.12 bits per heavy atom. The van der Waals surface area contributed by atoms with Crippen LogP contribution in [0.5, 0.6) is 0 Å². The molecule has 3 aromatic heterocycles. The van der Waals surface area contributed by atoms with E-state index in [1.165, 1.54) is 11.3 Å². The number of carbonyl (C=O) groups is 1. The van der Waals surface area contributed by atoms with E-state index in [0.717, 1.165) is 22.2 Å². The number of hydrogen-bond acceptors (Lipinski definition) is 5. The van der Waals surface area contributed by atoms with Crippen LogP contribution < -0.4 is 5.32 Å². The highest BCUT2D eigenvalue weighted by Gasteiger charge is 2.15. The molecule has 1 aromatic carbocycles. The Morgan fingerprint density at radius 1 is 1.25 bits per heavy atom. The second-order valence-electron chi connectivity index (χ2n) is 5.39. The predicted molar refractivity (Wildman–Crippen MR) is 93.0 cm³/mol. The average molecular weight is 338 g/mol. The molecule has 6 nitrogen and oxygen atoms in total. The van der Waals surface area contributed by atoms with Gasteiger partial charge in [0.05, 0.1) is 12.7 Å². The summed E-state index contributed by atoms with van der Waals surface area (Å²) in [6.07, 6.45) is 1.86. The van der Waals surface area contributed by atoms with E-state index >= 15 is 0 Å². The second-order valence-corrected chi connectivity index (χ2v) is 6.37. The Balaban J connectivity index is 1.51. The average Bonchev–Trinajstić information content (AvgIpc) is 3.28. The van der Waals surface area contributed by atoms with Crippen molar-refractivity contribution in [2.45, 2.75) is 13.3 Å². The van der Waals surface area contributed by atoms with Crippen LogP contribution in [-0.2, 0) is 11.2 Å². The highest BCUT2D eigenvalue weighted by Crippen LogP contribution is 2.27. The fraction of sp³-hybridized carbons (Fsp3) is 0.118. The van der Waals surface area contributed by atoms with Crippen molar-refractivity contribution in [1.29, 1.82) is 0 Å². The summed E-state index contributed by atoms with van der Waals surface area (Å²) in [5.74, 6) is 0.519. The Morgan fingerprint density at radius 3 is 2.96 bits per heavy atom. The molecule has 120 valence electrons. The molecule has 0 spiro atoms. The van der Waals surface area contributed by atoms with Gasteiger partial charge >= 0.3 is 0 Å². The largest absolute Gasteiger partial charge is 0.462 e. The quantitative estimate of drug-likeness (QED) is 0.593. The van der Waals surface area contributed by atoms with E-state index in [9.17, 15) is 4.79 Å². The Labute approximate surface area is 141 Å². The molecule has 0 saturated heterocycles. The number of nitrogens with one attached hydrogen (secondary N) is 2. The second kappa shape index (κ2) is 5.93. The zero-order chi connectivity index (χ0) is 16.5. The fourth-order valence-electron chi connectivity index (χ4n) is 2.66. The van der Waals surface area contributed by atoms with Crippen molar-refractivity contribution in [3.8, 4) is 10.8 Å². The van der Waals surface area contributed by atoms with E-state index in [4.69, 9.17) is 4.42 Å². The van der Waals surface area contributed by atoms with Gasteiger partial charge in [0.2, 0.25) is 11.0 Å². The lowest BCUT2D eigenvalue weighted by atomic mass is 10.1. The van der Waals surface area contributed by atoms with Crippen LogP contribution in [0, 0.1) is 6.92 Å². The van der Waals surface area contributed by atoms with Crippen LogP contribution in [-0.4, -0.2) is 21.1 Å². The molecular formula is C17H14N4O2S. The lowest BCUT2D eigenvalue weighted by Crippen LogP contribution is -2.14. The molecule has 0 unspecified atom stereocenters. The smallest absolute Gasteiger partial charge is 0.230 e. The van der Waals surface area contributed by atoms with Crippen LogP contribution in [0.1, 0.15) is 11.3 Å². The Hall–Kier alpha value is -2.93. The number of benzene rings is 1. The van der Waals surface area contributed by atoms with Gasteiger partial charge in [0.15, 0.2) is 10.8 Å². The number of para-hydroxylation sites is 1. The molecule has 3 heterocycles. The SMILES string of the molecule is Cc1[nH]c2ccccc2c1CC(=O)Nc1nnc(-c2ccco2)s1. The molecule has 4 rings (SSSR count). The van der Waals surface area contributed by atoms with E-state index in [2.05, 4.69) is 20.5 Å². The maximum absolute atomic E-state index is 12.4. The Kier molecular flexibility index (Phi) is 3.62. The molecule has 0 aliphatic rings. The van der Waals surface area contributed by atoms with Crippen molar-refractivity contribution in [3.05, 3.63) is 53.9 Å². The van der Waals surface area contributed by atoms with Gasteiger partial charge < -0.3 is 14.7 Å². The molecule has 0 aliphatic heterocycles. The van der Waals surface area contributed by atoms with Crippen LogP contribution in [0.25, 0.3) is 21.7 Å². The third-order valence-electron chi connectivity index (χ3n) is 3.77. The standard InChI is InChI=1S/C17H14N4O2S/c1-10-12(11-5-2-3-6-13(11)18-10)9-15(22)19-17-21-20-16(24-17)14-7-4-8-23-14/h2-8,18H,9H2,1H3,(H,19,21,22). The molecule has 0 fully saturated rings. The number of rotatable bonds is 4. The van der Waals surface area contributed by atoms with Gasteiger partial charge in [0.1, 0.15) is 0 Å². The normalized spacial score (nSPS) is 11.0. The van der Waals surface area contributed by atoms with Gasteiger partial charge in [-0.3, -0.25) is 4.79 Å². The topological polar surface area (TPSA) is 83.8 Å². The minimum atomic E-state index is -0.120. The van der Waals surface area contributed by atoms with Gasteiger partial charge in [-0.2, -0.15) is 0 Å². The molecule has 1 amide bonds. The molecule has 24 heavy (non-hydrogen) atoms. The third-order valence-corrected chi connectivity index (χ3v) is 4.62. The lowest BCUT2D eigenvalue weighted by molar-refractivity contribution is -0.115. The first kappa shape index (κ1) is 14.6. The molecule has 0 radical (unpaired) electrons. The molecule has 7 heteroatoms. The van der Waals surface area contributed by atoms with E-state index in [-0.39, 0.29) is 12.3 Å². The number of furan rings is 1. The summed E-state index contributed by atoms with van der Waals surface area (Å²) in [6, 6.07) is 11.6. The third kappa shape index (κ3) is 2.69. The number of hydrogen-bond donors (Lipinski definition) is 2. The van der Waals surface area contributed by atoms with Crippen LogP contribution in [0.15, 0.2) is 47.1 Å². The summed E-state index contributed by atoms with van der Waals surface area (Å²) in [5.41, 5.74) is 3.03. The van der Waals surface area contributed by atoms with Crippen molar-refractivity contribution in [1.82, 2.24) is 15.2 Å². The van der Waals surface area contributed by atoms with Gasteiger partial charge in [-0.15, -0.1) is 10.2 Å². The van der Waals surface area contributed by atoms with Crippen molar-refractivity contribution in [3.63, 3.8) is 0 Å². The van der Waals surface area contributed by atoms with Crippen LogP contribution in [0.4, 0.5) is 5.13 Å². The highest BCUT2D eigenvalue weighted by atomic mass is 32.1. The molecule has 0 bridgehead atoms. The summed E-state index contributed by atoms with van der Waals surface area (Å²) in [7, 11) is 0. The highest BCUT2D eigenvalue weighted by molar-refractivity contribution is 7.18. The maximum atomic E-state index is 12.4. The summed E-state index contributed by atoms with van der Waals surface area (Å²) in [4.78, 5) is 15.7. The van der Waals surface area contributed by atoms with Crippen molar-refractivity contribution < 1.29 is 9.21 Å². The molecular weight excluding hydrogens is 324 g/mol. The first-order valence-corrected chi connectivity index (χ1v) is 8.26. The first-order valence-electron chi connectivity index (χ1n) is 7.44. The van der Waals surface area contributed by atoms with E-state index in [1.54, 1.807) is 18.4 Å². The van der Waals surface area contributed by atoms with E-state index in [1.807, 2.05) is 31.2 Å². The van der Waals surface area contributed by atoms with Gasteiger partial charge in [-0.1, -0.05) is 29.5 Å². The summed E-state index contributed by atoms with van der Waals surface area (Å²) in [5, 5.41) is 13.0. The number of aryl methyl sites for hydroxylation is 1. The van der Waals surface area contributed by atoms with Crippen LogP contribution in [0.2, 0.25) is 0 Å². The van der Waals surface area contributed by atoms with Gasteiger partial charge in [-0.25, -0.2) is 0 Å². The van der Waals surface area contributed by atoms with Crippen molar-refractivity contribution >= 4 is 33.3 Å². The minimum Gasteiger partial charge on any atom is -0.462 e. The summed E-state index contributed by atoms with van der Waals surface area (Å²) in [6.45, 7) is 1.97. The molecule has 2 N–H and O–H groups in total. The summed E-state index contributed by atoms with van der Waals surface area (Å²) >= 11 is 1.28. The number of fused-ring (bicyclic) bond motifs is 1. The monoisotopic (exact) mass is 338 g/mol. The summed E-state index contributed by atoms with van der Waals surface area (Å²) < 4.78 is 5.28. The number of carbonyl (C=O) groups excluding carboxylic acids is 1. The van der Waals surface area contributed by atoms with Crippen molar-refractivity contribution in [2.24, 2.45) is 0 Å². The molecule has 0 atom stereocenters. The Bertz CT molecular complexity index is 1000. The molecule has 4 aromatic rings. The van der Waals surface area contributed by atoms with Gasteiger partial charge in [0.25, 0.3) is 0 Å². The van der Waals surface area contributed by atoms with Crippen molar-refractivity contribution in [2.75, 3.05) is 5.32 Å². The molecule has 0 aliphatic carbocycles. The minimum absolute atomic E-state index is 0.120. The van der Waals surface area contributed by atoms with E-state index in [0.29, 0.717) is 15.9 Å². The maximum Gasteiger partial charge on any atom is 0.230 e. The number of aromatic amines is 1. The first-order chi connectivity index (χ1) is 11.7. The van der Waals surface area contributed by atoms with Crippen LogP contribution >= 0.6 is 11.3 Å². The number of anilines is 1. The predicted octanol–water partition coefficient (Wildman–Crippen LogP) is 3.77. The van der Waals surface area contributed by atoms with Gasteiger partial charge in [0, 0.05) is 16.6 Å². The number of amides is 1. The fourth-order valence-corrected chi connectivity index (χ4v) is 3.39. The number of H-pyrrole nitrogens is 1. The van der Waals surface area contributed by atoms with Crippen LogP contribution in [0.3, 0.4) is 0 Å². The zero-order valence-corrected chi connectivity index (χ0v) is 13.7. The number of aromatic nitrogens is 3. The molecule has 0 saturated carbocycles.